The van der Waals surface area contributed by atoms with Crippen molar-refractivity contribution in [3.05, 3.63) is 71.5 Å². The topological polar surface area (TPSA) is 51.2 Å². The normalized spacial score (nSPS) is 11.4. The molecule has 3 aromatic rings. The number of carbonyl (C=O) groups excluding carboxylic acids is 1. The molecule has 1 amide bonds. The van der Waals surface area contributed by atoms with Gasteiger partial charge >= 0.3 is 6.18 Å². The molecule has 0 saturated carbocycles. The third-order valence-corrected chi connectivity index (χ3v) is 3.96. The highest BCUT2D eigenvalue weighted by atomic mass is 19.4. The first-order valence-corrected chi connectivity index (χ1v) is 7.77. The van der Waals surface area contributed by atoms with Crippen molar-refractivity contribution in [3.8, 4) is 5.75 Å². The zero-order chi connectivity index (χ0) is 18.7. The summed E-state index contributed by atoms with van der Waals surface area (Å²) in [7, 11) is 1.52. The molecule has 0 bridgehead atoms. The number of para-hydroxylation sites is 1. The van der Waals surface area contributed by atoms with E-state index in [2.05, 4.69) is 10.3 Å². The van der Waals surface area contributed by atoms with Gasteiger partial charge in [-0.1, -0.05) is 30.3 Å². The van der Waals surface area contributed by atoms with E-state index in [4.69, 9.17) is 4.74 Å². The van der Waals surface area contributed by atoms with Gasteiger partial charge in [-0.25, -0.2) is 0 Å². The fraction of sp³-hybridized carbons (Fsp3) is 0.158. The summed E-state index contributed by atoms with van der Waals surface area (Å²) < 4.78 is 44.7. The van der Waals surface area contributed by atoms with Crippen LogP contribution in [-0.2, 0) is 12.7 Å². The van der Waals surface area contributed by atoms with Gasteiger partial charge < -0.3 is 10.1 Å². The summed E-state index contributed by atoms with van der Waals surface area (Å²) in [6, 6.07) is 12.1. The molecular weight excluding hydrogens is 345 g/mol. The SMILES string of the molecule is COc1ccccc1CNC(=O)c1nccc2c(C(F)(F)F)cccc12. The van der Waals surface area contributed by atoms with Crippen LogP contribution in [0.1, 0.15) is 21.6 Å². The number of alkyl halides is 3. The minimum Gasteiger partial charge on any atom is -0.496 e. The van der Waals surface area contributed by atoms with Gasteiger partial charge in [0.1, 0.15) is 11.4 Å². The monoisotopic (exact) mass is 360 g/mol. The molecule has 0 aliphatic rings. The van der Waals surface area contributed by atoms with Crippen LogP contribution in [0, 0.1) is 0 Å². The molecule has 1 N–H and O–H groups in total. The zero-order valence-corrected chi connectivity index (χ0v) is 13.8. The molecule has 1 heterocycles. The molecule has 7 heteroatoms. The number of hydrogen-bond acceptors (Lipinski definition) is 3. The van der Waals surface area contributed by atoms with Crippen molar-refractivity contribution >= 4 is 16.7 Å². The Labute approximate surface area is 147 Å². The second kappa shape index (κ2) is 7.03. The zero-order valence-electron chi connectivity index (χ0n) is 13.8. The minimum absolute atomic E-state index is 0.0523. The summed E-state index contributed by atoms with van der Waals surface area (Å²) >= 11 is 0. The lowest BCUT2D eigenvalue weighted by Crippen LogP contribution is -2.24. The van der Waals surface area contributed by atoms with Gasteiger partial charge in [-0.2, -0.15) is 13.2 Å². The number of methoxy groups -OCH3 is 1. The number of aromatic nitrogens is 1. The number of amides is 1. The van der Waals surface area contributed by atoms with Crippen molar-refractivity contribution < 1.29 is 22.7 Å². The number of pyridine rings is 1. The lowest BCUT2D eigenvalue weighted by atomic mass is 10.0. The van der Waals surface area contributed by atoms with E-state index in [1.807, 2.05) is 0 Å². The fourth-order valence-electron chi connectivity index (χ4n) is 2.74. The van der Waals surface area contributed by atoms with Crippen LogP contribution in [0.2, 0.25) is 0 Å². The quantitative estimate of drug-likeness (QED) is 0.759. The molecule has 0 spiro atoms. The summed E-state index contributed by atoms with van der Waals surface area (Å²) in [4.78, 5) is 16.5. The van der Waals surface area contributed by atoms with Gasteiger partial charge in [0.25, 0.3) is 5.91 Å². The van der Waals surface area contributed by atoms with Gasteiger partial charge in [-0.3, -0.25) is 9.78 Å². The fourth-order valence-corrected chi connectivity index (χ4v) is 2.74. The van der Waals surface area contributed by atoms with E-state index in [9.17, 15) is 18.0 Å². The van der Waals surface area contributed by atoms with Crippen LogP contribution in [0.3, 0.4) is 0 Å². The number of ether oxygens (including phenoxy) is 1. The average molecular weight is 360 g/mol. The molecule has 3 rings (SSSR count). The van der Waals surface area contributed by atoms with Gasteiger partial charge in [-0.15, -0.1) is 0 Å². The van der Waals surface area contributed by atoms with E-state index in [0.29, 0.717) is 5.75 Å². The van der Waals surface area contributed by atoms with Gasteiger partial charge in [0.15, 0.2) is 0 Å². The van der Waals surface area contributed by atoms with Crippen LogP contribution in [0.5, 0.6) is 5.75 Å². The van der Waals surface area contributed by atoms with Gasteiger partial charge in [0.05, 0.1) is 12.7 Å². The predicted octanol–water partition coefficient (Wildman–Crippen LogP) is 4.19. The summed E-state index contributed by atoms with van der Waals surface area (Å²) in [5.74, 6) is 0.0545. The third-order valence-electron chi connectivity index (χ3n) is 3.96. The standard InChI is InChI=1S/C19H15F3N2O2/c1-26-16-8-3-2-5-12(16)11-24-18(25)17-14-6-4-7-15(19(20,21)22)13(14)9-10-23-17/h2-10H,11H2,1H3,(H,24,25). The van der Waals surface area contributed by atoms with Crippen LogP contribution in [0.15, 0.2) is 54.7 Å². The number of rotatable bonds is 4. The van der Waals surface area contributed by atoms with E-state index < -0.39 is 17.6 Å². The largest absolute Gasteiger partial charge is 0.496 e. The molecule has 0 unspecified atom stereocenters. The molecular formula is C19H15F3N2O2. The van der Waals surface area contributed by atoms with E-state index in [1.165, 1.54) is 31.5 Å². The third kappa shape index (κ3) is 3.46. The number of halogens is 3. The smallest absolute Gasteiger partial charge is 0.417 e. The van der Waals surface area contributed by atoms with E-state index in [1.54, 1.807) is 24.3 Å². The molecule has 0 aliphatic heterocycles. The first-order valence-electron chi connectivity index (χ1n) is 7.77. The van der Waals surface area contributed by atoms with Gasteiger partial charge in [0.2, 0.25) is 0 Å². The van der Waals surface area contributed by atoms with Crippen molar-refractivity contribution in [3.63, 3.8) is 0 Å². The molecule has 4 nitrogen and oxygen atoms in total. The molecule has 2 aromatic carbocycles. The Morgan fingerprint density at radius 2 is 1.85 bits per heavy atom. The van der Waals surface area contributed by atoms with E-state index >= 15 is 0 Å². The first kappa shape index (κ1) is 17.7. The Hall–Kier alpha value is -3.09. The lowest BCUT2D eigenvalue weighted by molar-refractivity contribution is -0.136. The highest BCUT2D eigenvalue weighted by Crippen LogP contribution is 2.35. The maximum Gasteiger partial charge on any atom is 0.417 e. The number of fused-ring (bicyclic) bond motifs is 1. The van der Waals surface area contributed by atoms with Gasteiger partial charge in [0, 0.05) is 23.7 Å². The molecule has 0 saturated heterocycles. The molecule has 134 valence electrons. The van der Waals surface area contributed by atoms with Gasteiger partial charge in [-0.05, 0) is 23.6 Å². The number of carbonyl (C=O) groups is 1. The van der Waals surface area contributed by atoms with Crippen LogP contribution in [0.4, 0.5) is 13.2 Å². The molecule has 0 atom stereocenters. The maximum atomic E-state index is 13.2. The number of benzene rings is 2. The highest BCUT2D eigenvalue weighted by Gasteiger charge is 2.32. The Morgan fingerprint density at radius 1 is 1.08 bits per heavy atom. The summed E-state index contributed by atoms with van der Waals surface area (Å²) in [5, 5.41) is 2.77. The van der Waals surface area contributed by atoms with Crippen molar-refractivity contribution in [2.45, 2.75) is 12.7 Å². The van der Waals surface area contributed by atoms with Crippen LogP contribution in [0.25, 0.3) is 10.8 Å². The molecule has 0 fully saturated rings. The van der Waals surface area contributed by atoms with Crippen molar-refractivity contribution in [1.29, 1.82) is 0 Å². The average Bonchev–Trinajstić information content (AvgIpc) is 2.64. The Morgan fingerprint density at radius 3 is 2.58 bits per heavy atom. The Balaban J connectivity index is 1.92. The molecule has 1 aromatic heterocycles. The van der Waals surface area contributed by atoms with E-state index in [0.717, 1.165) is 11.6 Å². The van der Waals surface area contributed by atoms with Crippen LogP contribution >= 0.6 is 0 Å². The number of nitrogens with zero attached hydrogens (tertiary/aromatic N) is 1. The van der Waals surface area contributed by atoms with Crippen molar-refractivity contribution in [2.24, 2.45) is 0 Å². The molecule has 26 heavy (non-hydrogen) atoms. The Kier molecular flexibility index (Phi) is 4.79. The number of hydrogen-bond donors (Lipinski definition) is 1. The van der Waals surface area contributed by atoms with Crippen LogP contribution < -0.4 is 10.1 Å². The lowest BCUT2D eigenvalue weighted by Gasteiger charge is -2.13. The minimum atomic E-state index is -4.51. The second-order valence-electron chi connectivity index (χ2n) is 5.55. The van der Waals surface area contributed by atoms with Crippen molar-refractivity contribution in [1.82, 2.24) is 10.3 Å². The molecule has 0 radical (unpaired) electrons. The molecule has 0 aliphatic carbocycles. The van der Waals surface area contributed by atoms with E-state index in [-0.39, 0.29) is 23.0 Å². The summed E-state index contributed by atoms with van der Waals surface area (Å²) in [6.07, 6.45) is -3.30. The maximum absolute atomic E-state index is 13.2. The second-order valence-corrected chi connectivity index (χ2v) is 5.55. The first-order chi connectivity index (χ1) is 12.4. The van der Waals surface area contributed by atoms with Crippen molar-refractivity contribution in [2.75, 3.05) is 7.11 Å². The summed E-state index contributed by atoms with van der Waals surface area (Å²) in [5.41, 5.74) is -0.0979. The number of nitrogens with one attached hydrogen (secondary N) is 1. The summed E-state index contributed by atoms with van der Waals surface area (Å²) in [6.45, 7) is 0.167. The highest BCUT2D eigenvalue weighted by molar-refractivity contribution is 6.06. The Bertz CT molecular complexity index is 955. The van der Waals surface area contributed by atoms with Crippen LogP contribution in [-0.4, -0.2) is 18.0 Å². The predicted molar refractivity (Wildman–Crippen MR) is 90.9 cm³/mol.